The van der Waals surface area contributed by atoms with Gasteiger partial charge in [0.05, 0.1) is 12.6 Å². The molecule has 3 N–H and O–H groups in total. The number of thiophene rings is 1. The smallest absolute Gasteiger partial charge is 0.0584 e. The molecule has 0 amide bonds. The van der Waals surface area contributed by atoms with Gasteiger partial charge < -0.3 is 10.8 Å². The van der Waals surface area contributed by atoms with Crippen molar-refractivity contribution in [1.29, 1.82) is 0 Å². The lowest BCUT2D eigenvalue weighted by molar-refractivity contribution is 0.124. The van der Waals surface area contributed by atoms with Gasteiger partial charge in [-0.2, -0.15) is 0 Å². The van der Waals surface area contributed by atoms with Gasteiger partial charge in [-0.05, 0) is 33.0 Å². The van der Waals surface area contributed by atoms with E-state index in [9.17, 15) is 0 Å². The summed E-state index contributed by atoms with van der Waals surface area (Å²) < 4.78 is 0. The number of aliphatic hydroxyl groups excluding tert-OH is 1. The van der Waals surface area contributed by atoms with Crippen molar-refractivity contribution in [1.82, 2.24) is 4.90 Å². The van der Waals surface area contributed by atoms with Crippen molar-refractivity contribution in [2.24, 2.45) is 5.73 Å². The van der Waals surface area contributed by atoms with Gasteiger partial charge in [0.1, 0.15) is 0 Å². The highest BCUT2D eigenvalue weighted by Gasteiger charge is 2.20. The van der Waals surface area contributed by atoms with E-state index in [-0.39, 0.29) is 18.7 Å². The fourth-order valence-electron chi connectivity index (χ4n) is 1.55. The second-order valence-corrected chi connectivity index (χ2v) is 5.22. The van der Waals surface area contributed by atoms with E-state index in [1.165, 1.54) is 9.75 Å². The summed E-state index contributed by atoms with van der Waals surface area (Å²) >= 11 is 1.77. The molecule has 1 rings (SSSR count). The molecule has 0 fully saturated rings. The Hall–Kier alpha value is -0.420. The van der Waals surface area contributed by atoms with Crippen LogP contribution in [0, 0.1) is 6.92 Å². The predicted octanol–water partition coefficient (Wildman–Crippen LogP) is 1.37. The Labute approximate surface area is 95.5 Å². The summed E-state index contributed by atoms with van der Waals surface area (Å²) in [6, 6.07) is 4.59. The Morgan fingerprint density at radius 1 is 1.53 bits per heavy atom. The molecule has 2 unspecified atom stereocenters. The van der Waals surface area contributed by atoms with Crippen molar-refractivity contribution < 1.29 is 5.11 Å². The number of rotatable bonds is 5. The Bertz CT molecular complexity index is 301. The number of hydrogen-bond donors (Lipinski definition) is 2. The van der Waals surface area contributed by atoms with Crippen LogP contribution >= 0.6 is 11.3 Å². The summed E-state index contributed by atoms with van der Waals surface area (Å²) in [6.45, 7) is 4.85. The van der Waals surface area contributed by atoms with E-state index in [1.807, 2.05) is 14.0 Å². The molecule has 0 aliphatic carbocycles. The summed E-state index contributed by atoms with van der Waals surface area (Å²) in [4.78, 5) is 4.71. The zero-order valence-electron chi connectivity index (χ0n) is 9.60. The average Bonchev–Trinajstić information content (AvgIpc) is 2.64. The molecule has 0 aromatic carbocycles. The van der Waals surface area contributed by atoms with Crippen molar-refractivity contribution in [3.05, 3.63) is 21.9 Å². The lowest BCUT2D eigenvalue weighted by atomic mass is 10.1. The second-order valence-electron chi connectivity index (χ2n) is 3.90. The predicted molar refractivity (Wildman–Crippen MR) is 65.2 cm³/mol. The standard InChI is InChI=1S/C11H20N2OS/c1-8(7-14)13(3)10(6-12)11-5-4-9(2)15-11/h4-5,8,10,14H,6-7,12H2,1-3H3. The molecule has 0 spiro atoms. The molecule has 1 aromatic heterocycles. The molecule has 86 valence electrons. The Kier molecular flexibility index (Phi) is 4.73. The van der Waals surface area contributed by atoms with Gasteiger partial charge in [0.2, 0.25) is 0 Å². The SMILES string of the molecule is Cc1ccc(C(CN)N(C)C(C)CO)s1. The molecule has 3 nitrogen and oxygen atoms in total. The quantitative estimate of drug-likeness (QED) is 0.800. The van der Waals surface area contributed by atoms with E-state index in [4.69, 9.17) is 10.8 Å². The van der Waals surface area contributed by atoms with Gasteiger partial charge in [0.15, 0.2) is 0 Å². The van der Waals surface area contributed by atoms with Crippen LogP contribution in [0.15, 0.2) is 12.1 Å². The van der Waals surface area contributed by atoms with E-state index in [1.54, 1.807) is 11.3 Å². The molecule has 1 heterocycles. The highest BCUT2D eigenvalue weighted by molar-refractivity contribution is 7.12. The topological polar surface area (TPSA) is 49.5 Å². The maximum absolute atomic E-state index is 9.12. The Balaban J connectivity index is 2.79. The molecule has 4 heteroatoms. The maximum atomic E-state index is 9.12. The summed E-state index contributed by atoms with van der Waals surface area (Å²) in [6.07, 6.45) is 0. The Morgan fingerprint density at radius 3 is 2.60 bits per heavy atom. The lowest BCUT2D eigenvalue weighted by Crippen LogP contribution is -2.38. The third-order valence-corrected chi connectivity index (χ3v) is 3.87. The van der Waals surface area contributed by atoms with Gasteiger partial charge in [-0.25, -0.2) is 0 Å². The first-order chi connectivity index (χ1) is 7.10. The first kappa shape index (κ1) is 12.6. The number of aryl methyl sites for hydroxylation is 1. The fraction of sp³-hybridized carbons (Fsp3) is 0.636. The zero-order chi connectivity index (χ0) is 11.4. The molecule has 0 saturated heterocycles. The number of hydrogen-bond acceptors (Lipinski definition) is 4. The monoisotopic (exact) mass is 228 g/mol. The fourth-order valence-corrected chi connectivity index (χ4v) is 2.59. The van der Waals surface area contributed by atoms with E-state index in [2.05, 4.69) is 24.0 Å². The van der Waals surface area contributed by atoms with Crippen LogP contribution in [0.25, 0.3) is 0 Å². The largest absolute Gasteiger partial charge is 0.395 e. The first-order valence-electron chi connectivity index (χ1n) is 5.19. The van der Waals surface area contributed by atoms with Crippen molar-refractivity contribution >= 4 is 11.3 Å². The molecule has 0 bridgehead atoms. The first-order valence-corrected chi connectivity index (χ1v) is 6.01. The number of aliphatic hydroxyl groups is 1. The van der Waals surface area contributed by atoms with Gasteiger partial charge in [0.25, 0.3) is 0 Å². The lowest BCUT2D eigenvalue weighted by Gasteiger charge is -2.30. The molecule has 2 atom stereocenters. The van der Waals surface area contributed by atoms with Crippen LogP contribution in [0.4, 0.5) is 0 Å². The summed E-state index contributed by atoms with van der Waals surface area (Å²) in [7, 11) is 2.01. The van der Waals surface area contributed by atoms with Crippen molar-refractivity contribution in [3.63, 3.8) is 0 Å². The van der Waals surface area contributed by atoms with E-state index in [0.717, 1.165) is 0 Å². The van der Waals surface area contributed by atoms with Crippen LogP contribution in [0.2, 0.25) is 0 Å². The van der Waals surface area contributed by atoms with Crippen LogP contribution in [0.5, 0.6) is 0 Å². The third kappa shape index (κ3) is 3.01. The molecule has 0 aliphatic rings. The molecule has 0 saturated carbocycles. The maximum Gasteiger partial charge on any atom is 0.0584 e. The van der Waals surface area contributed by atoms with Crippen molar-refractivity contribution in [2.45, 2.75) is 25.9 Å². The van der Waals surface area contributed by atoms with Gasteiger partial charge in [-0.15, -0.1) is 11.3 Å². The number of nitrogens with zero attached hydrogens (tertiary/aromatic N) is 1. The number of nitrogens with two attached hydrogens (primary N) is 1. The van der Waals surface area contributed by atoms with Crippen LogP contribution in [0.1, 0.15) is 22.7 Å². The van der Waals surface area contributed by atoms with Gasteiger partial charge >= 0.3 is 0 Å². The highest BCUT2D eigenvalue weighted by Crippen LogP contribution is 2.27. The van der Waals surface area contributed by atoms with Crippen LogP contribution in [-0.2, 0) is 0 Å². The molecule has 0 radical (unpaired) electrons. The van der Waals surface area contributed by atoms with Crippen LogP contribution in [0.3, 0.4) is 0 Å². The highest BCUT2D eigenvalue weighted by atomic mass is 32.1. The summed E-state index contributed by atoms with van der Waals surface area (Å²) in [5.74, 6) is 0. The van der Waals surface area contributed by atoms with Crippen molar-refractivity contribution in [3.8, 4) is 0 Å². The minimum absolute atomic E-state index is 0.140. The van der Waals surface area contributed by atoms with E-state index >= 15 is 0 Å². The third-order valence-electron chi connectivity index (χ3n) is 2.76. The van der Waals surface area contributed by atoms with Crippen molar-refractivity contribution in [2.75, 3.05) is 20.2 Å². The number of likely N-dealkylation sites (N-methyl/N-ethyl adjacent to an activating group) is 1. The summed E-state index contributed by atoms with van der Waals surface area (Å²) in [5, 5.41) is 9.12. The zero-order valence-corrected chi connectivity index (χ0v) is 10.4. The van der Waals surface area contributed by atoms with E-state index in [0.29, 0.717) is 6.54 Å². The minimum Gasteiger partial charge on any atom is -0.395 e. The van der Waals surface area contributed by atoms with Crippen LogP contribution in [-0.4, -0.2) is 36.2 Å². The Morgan fingerprint density at radius 2 is 2.20 bits per heavy atom. The molecule has 1 aromatic rings. The normalized spacial score (nSPS) is 15.6. The summed E-state index contributed by atoms with van der Waals surface area (Å²) in [5.41, 5.74) is 5.79. The molecule has 0 aliphatic heterocycles. The molecule has 15 heavy (non-hydrogen) atoms. The average molecular weight is 228 g/mol. The van der Waals surface area contributed by atoms with Gasteiger partial charge in [-0.1, -0.05) is 0 Å². The van der Waals surface area contributed by atoms with E-state index < -0.39 is 0 Å². The second kappa shape index (κ2) is 5.61. The molecular formula is C11H20N2OS. The van der Waals surface area contributed by atoms with Gasteiger partial charge in [0, 0.05) is 22.3 Å². The van der Waals surface area contributed by atoms with Crippen LogP contribution < -0.4 is 5.73 Å². The molecular weight excluding hydrogens is 208 g/mol. The minimum atomic E-state index is 0.140. The van der Waals surface area contributed by atoms with Gasteiger partial charge in [-0.3, -0.25) is 4.90 Å².